The smallest absolute Gasteiger partial charge is 0.254 e. The van der Waals surface area contributed by atoms with Crippen molar-refractivity contribution in [1.29, 1.82) is 0 Å². The predicted octanol–water partition coefficient (Wildman–Crippen LogP) is 1.84. The van der Waals surface area contributed by atoms with Crippen LogP contribution in [0.5, 0.6) is 0 Å². The Bertz CT molecular complexity index is 488. The Morgan fingerprint density at radius 1 is 1.50 bits per heavy atom. The fourth-order valence-corrected chi connectivity index (χ4v) is 2.42. The fraction of sp³-hybridized carbons (Fsp3) is 0.600. The van der Waals surface area contributed by atoms with Crippen LogP contribution in [0.4, 0.5) is 5.82 Å². The zero-order valence-electron chi connectivity index (χ0n) is 12.4. The first-order chi connectivity index (χ1) is 9.51. The molecule has 1 aromatic rings. The van der Waals surface area contributed by atoms with Crippen LogP contribution < -0.4 is 5.32 Å². The van der Waals surface area contributed by atoms with E-state index in [1.165, 1.54) is 0 Å². The van der Waals surface area contributed by atoms with Crippen LogP contribution in [0.15, 0.2) is 12.1 Å². The van der Waals surface area contributed by atoms with Crippen molar-refractivity contribution in [2.45, 2.75) is 38.7 Å². The molecule has 20 heavy (non-hydrogen) atoms. The summed E-state index contributed by atoms with van der Waals surface area (Å²) in [5, 5.41) is 12.7. The summed E-state index contributed by atoms with van der Waals surface area (Å²) in [6.45, 7) is 5.25. The highest BCUT2D eigenvalue weighted by atomic mass is 16.3. The lowest BCUT2D eigenvalue weighted by Gasteiger charge is -2.30. The van der Waals surface area contributed by atoms with Crippen LogP contribution in [0.3, 0.4) is 0 Å². The van der Waals surface area contributed by atoms with Crippen LogP contribution >= 0.6 is 0 Å². The third-order valence-corrected chi connectivity index (χ3v) is 3.62. The van der Waals surface area contributed by atoms with Crippen LogP contribution in [0, 0.1) is 0 Å². The zero-order valence-corrected chi connectivity index (χ0v) is 12.4. The Labute approximate surface area is 120 Å². The van der Waals surface area contributed by atoms with Gasteiger partial charge in [0, 0.05) is 31.4 Å². The second kappa shape index (κ2) is 6.22. The average molecular weight is 277 g/mol. The number of pyridine rings is 1. The van der Waals surface area contributed by atoms with Gasteiger partial charge in [-0.25, -0.2) is 4.98 Å². The Hall–Kier alpha value is -1.62. The number of carbonyl (C=O) groups is 1. The van der Waals surface area contributed by atoms with Gasteiger partial charge < -0.3 is 15.3 Å². The summed E-state index contributed by atoms with van der Waals surface area (Å²) in [6, 6.07) is 3.63. The van der Waals surface area contributed by atoms with Gasteiger partial charge in [-0.3, -0.25) is 4.79 Å². The van der Waals surface area contributed by atoms with Crippen molar-refractivity contribution in [2.24, 2.45) is 0 Å². The lowest BCUT2D eigenvalue weighted by molar-refractivity contribution is 0.0473. The van der Waals surface area contributed by atoms with Crippen molar-refractivity contribution in [1.82, 2.24) is 9.88 Å². The van der Waals surface area contributed by atoms with E-state index in [4.69, 9.17) is 0 Å². The van der Waals surface area contributed by atoms with Gasteiger partial charge in [0.1, 0.15) is 5.82 Å². The van der Waals surface area contributed by atoms with Crippen molar-refractivity contribution in [3.8, 4) is 0 Å². The van der Waals surface area contributed by atoms with Crippen LogP contribution in [-0.4, -0.2) is 47.1 Å². The second-order valence-corrected chi connectivity index (χ2v) is 5.62. The van der Waals surface area contributed by atoms with Gasteiger partial charge in [-0.05, 0) is 30.9 Å². The maximum atomic E-state index is 12.5. The van der Waals surface area contributed by atoms with E-state index in [0.717, 1.165) is 18.5 Å². The summed E-state index contributed by atoms with van der Waals surface area (Å²) in [6.07, 6.45) is 1.23. The first-order valence-electron chi connectivity index (χ1n) is 7.18. The molecule has 0 saturated carbocycles. The number of nitrogens with zero attached hydrogens (tertiary/aromatic N) is 2. The lowest BCUT2D eigenvalue weighted by atomic mass is 10.0. The molecule has 1 saturated heterocycles. The first-order valence-corrected chi connectivity index (χ1v) is 7.18. The minimum Gasteiger partial charge on any atom is -0.391 e. The zero-order chi connectivity index (χ0) is 14.7. The number of hydrogen-bond donors (Lipinski definition) is 2. The normalized spacial score (nSPS) is 19.2. The molecular weight excluding hydrogens is 254 g/mol. The number of amides is 1. The molecule has 0 spiro atoms. The van der Waals surface area contributed by atoms with Crippen molar-refractivity contribution in [3.63, 3.8) is 0 Å². The number of aliphatic hydroxyl groups excluding tert-OH is 1. The van der Waals surface area contributed by atoms with E-state index in [-0.39, 0.29) is 11.8 Å². The summed E-state index contributed by atoms with van der Waals surface area (Å²) in [7, 11) is 1.80. The van der Waals surface area contributed by atoms with Crippen LogP contribution in [0.25, 0.3) is 0 Å². The number of likely N-dealkylation sites (tertiary alicyclic amines) is 1. The van der Waals surface area contributed by atoms with E-state index >= 15 is 0 Å². The summed E-state index contributed by atoms with van der Waals surface area (Å²) in [4.78, 5) is 18.7. The molecule has 2 N–H and O–H groups in total. The van der Waals surface area contributed by atoms with E-state index in [1.807, 2.05) is 6.07 Å². The van der Waals surface area contributed by atoms with Crippen molar-refractivity contribution < 1.29 is 9.90 Å². The highest BCUT2D eigenvalue weighted by molar-refractivity contribution is 5.95. The van der Waals surface area contributed by atoms with Crippen molar-refractivity contribution in [2.75, 3.05) is 25.5 Å². The molecule has 5 heteroatoms. The minimum absolute atomic E-state index is 0.0236. The molecule has 0 bridgehead atoms. The second-order valence-electron chi connectivity index (χ2n) is 5.62. The molecule has 2 rings (SSSR count). The molecule has 1 atom stereocenters. The first kappa shape index (κ1) is 14.8. The number of rotatable bonds is 3. The third-order valence-electron chi connectivity index (χ3n) is 3.62. The van der Waals surface area contributed by atoms with E-state index in [0.29, 0.717) is 24.5 Å². The molecule has 1 aliphatic heterocycles. The van der Waals surface area contributed by atoms with Crippen molar-refractivity contribution in [3.05, 3.63) is 23.4 Å². The molecule has 1 amide bonds. The average Bonchev–Trinajstić information content (AvgIpc) is 2.45. The van der Waals surface area contributed by atoms with Gasteiger partial charge >= 0.3 is 0 Å². The van der Waals surface area contributed by atoms with E-state index in [2.05, 4.69) is 24.1 Å². The van der Waals surface area contributed by atoms with E-state index in [1.54, 1.807) is 18.0 Å². The molecule has 110 valence electrons. The summed E-state index contributed by atoms with van der Waals surface area (Å²) >= 11 is 0. The number of hydrogen-bond acceptors (Lipinski definition) is 4. The van der Waals surface area contributed by atoms with Crippen LogP contribution in [0.2, 0.25) is 0 Å². The Balaban J connectivity index is 2.26. The number of carbonyl (C=O) groups excluding carboxylic acids is 1. The number of β-amino-alcohol motifs (C(OH)–C–C–N with tert-alkyl or cyclic N) is 1. The maximum Gasteiger partial charge on any atom is 0.254 e. The fourth-order valence-electron chi connectivity index (χ4n) is 2.42. The van der Waals surface area contributed by atoms with Crippen molar-refractivity contribution >= 4 is 11.7 Å². The Kier molecular flexibility index (Phi) is 4.60. The minimum atomic E-state index is -0.400. The van der Waals surface area contributed by atoms with Gasteiger partial charge in [-0.1, -0.05) is 13.8 Å². The topological polar surface area (TPSA) is 65.5 Å². The largest absolute Gasteiger partial charge is 0.391 e. The quantitative estimate of drug-likeness (QED) is 0.885. The molecule has 1 aliphatic rings. The van der Waals surface area contributed by atoms with Gasteiger partial charge in [0.25, 0.3) is 5.91 Å². The summed E-state index contributed by atoms with van der Waals surface area (Å²) < 4.78 is 0. The standard InChI is InChI=1S/C15H23N3O2/c1-10(2)13-7-11(8-14(16-3)17-13)15(20)18-6-4-5-12(19)9-18/h7-8,10,12,19H,4-6,9H2,1-3H3,(H,16,17). The molecule has 0 aliphatic carbocycles. The molecule has 1 fully saturated rings. The van der Waals surface area contributed by atoms with Gasteiger partial charge in [0.15, 0.2) is 0 Å². The number of nitrogens with one attached hydrogen (secondary N) is 1. The van der Waals surface area contributed by atoms with E-state index < -0.39 is 6.10 Å². The lowest BCUT2D eigenvalue weighted by Crippen LogP contribution is -2.42. The molecule has 1 aromatic heterocycles. The van der Waals surface area contributed by atoms with Gasteiger partial charge in [-0.2, -0.15) is 0 Å². The Morgan fingerprint density at radius 2 is 2.25 bits per heavy atom. The van der Waals surface area contributed by atoms with Gasteiger partial charge in [-0.15, -0.1) is 0 Å². The monoisotopic (exact) mass is 277 g/mol. The third kappa shape index (κ3) is 3.28. The molecule has 5 nitrogen and oxygen atoms in total. The summed E-state index contributed by atoms with van der Waals surface area (Å²) in [5.41, 5.74) is 1.54. The van der Waals surface area contributed by atoms with Gasteiger partial charge in [0.2, 0.25) is 0 Å². The highest BCUT2D eigenvalue weighted by Crippen LogP contribution is 2.20. The van der Waals surface area contributed by atoms with Gasteiger partial charge in [0.05, 0.1) is 6.10 Å². The molecule has 1 unspecified atom stereocenters. The number of anilines is 1. The van der Waals surface area contributed by atoms with E-state index in [9.17, 15) is 9.90 Å². The number of aromatic nitrogens is 1. The maximum absolute atomic E-state index is 12.5. The van der Waals surface area contributed by atoms with Crippen LogP contribution in [-0.2, 0) is 0 Å². The summed E-state index contributed by atoms with van der Waals surface area (Å²) in [5.74, 6) is 0.948. The molecule has 0 radical (unpaired) electrons. The highest BCUT2D eigenvalue weighted by Gasteiger charge is 2.24. The SMILES string of the molecule is CNc1cc(C(=O)N2CCCC(O)C2)cc(C(C)C)n1. The molecule has 2 heterocycles. The molecule has 0 aromatic carbocycles. The predicted molar refractivity (Wildman–Crippen MR) is 79.0 cm³/mol. The molecular formula is C15H23N3O2. The van der Waals surface area contributed by atoms with Crippen LogP contribution in [0.1, 0.15) is 48.7 Å². The number of piperidine rings is 1. The number of aliphatic hydroxyl groups is 1. The Morgan fingerprint density at radius 3 is 2.85 bits per heavy atom.